The van der Waals surface area contributed by atoms with Crippen molar-refractivity contribution in [1.29, 1.82) is 0 Å². The Morgan fingerprint density at radius 1 is 0.897 bits per heavy atom. The van der Waals surface area contributed by atoms with Crippen molar-refractivity contribution in [2.75, 3.05) is 0 Å². The van der Waals surface area contributed by atoms with E-state index in [2.05, 4.69) is 0 Å². The van der Waals surface area contributed by atoms with Crippen molar-refractivity contribution in [2.24, 2.45) is 0 Å². The van der Waals surface area contributed by atoms with Gasteiger partial charge >= 0.3 is 6.18 Å². The van der Waals surface area contributed by atoms with Gasteiger partial charge < -0.3 is 4.43 Å². The maximum Gasteiger partial charge on any atom is 0.415 e. The molecule has 1 atom stereocenters. The average molecular weight is 433 g/mol. The number of benzene rings is 3. The second-order valence-electron chi connectivity index (χ2n) is 7.72. The van der Waals surface area contributed by atoms with Crippen molar-refractivity contribution in [2.45, 2.75) is 36.8 Å². The molecule has 1 nitrogen and oxygen atoms in total. The van der Waals surface area contributed by atoms with E-state index in [0.717, 1.165) is 27.4 Å². The lowest BCUT2D eigenvalue weighted by atomic mass is 9.99. The summed E-state index contributed by atoms with van der Waals surface area (Å²) in [6.45, 7) is 5.71. The third kappa shape index (κ3) is 5.98. The molecule has 0 saturated carbocycles. The van der Waals surface area contributed by atoms with E-state index < -0.39 is 26.2 Å². The molecule has 0 fully saturated rings. The molecule has 0 N–H and O–H groups in total. The van der Waals surface area contributed by atoms with Crippen LogP contribution in [-0.4, -0.2) is 14.5 Å². The van der Waals surface area contributed by atoms with E-state index >= 15 is 0 Å². The van der Waals surface area contributed by atoms with Crippen LogP contribution in [0.25, 0.3) is 10.8 Å². The summed E-state index contributed by atoms with van der Waals surface area (Å²) in [5, 5.41) is 3.07. The molecule has 0 heterocycles. The van der Waals surface area contributed by atoms with Gasteiger partial charge in [0, 0.05) is 4.90 Å². The van der Waals surface area contributed by atoms with Crippen LogP contribution in [0, 0.1) is 0 Å². The van der Waals surface area contributed by atoms with Gasteiger partial charge in [-0.3, -0.25) is 0 Å². The summed E-state index contributed by atoms with van der Waals surface area (Å²) in [6.07, 6.45) is -5.67. The maximum absolute atomic E-state index is 14.1. The highest BCUT2D eigenvalue weighted by Crippen LogP contribution is 2.42. The largest absolute Gasteiger partial charge is 0.415 e. The van der Waals surface area contributed by atoms with E-state index in [4.69, 9.17) is 4.43 Å². The van der Waals surface area contributed by atoms with Crippen molar-refractivity contribution in [3.63, 3.8) is 0 Å². The first kappa shape index (κ1) is 21.7. The molecule has 0 radical (unpaired) electrons. The Kier molecular flexibility index (Phi) is 6.56. The molecule has 0 aliphatic rings. The van der Waals surface area contributed by atoms with Crippen LogP contribution >= 0.6 is 11.8 Å². The number of halogens is 3. The molecule has 0 spiro atoms. The van der Waals surface area contributed by atoms with Gasteiger partial charge in [-0.2, -0.15) is 13.2 Å². The van der Waals surface area contributed by atoms with Crippen LogP contribution in [0.3, 0.4) is 0 Å². The van der Waals surface area contributed by atoms with Crippen molar-refractivity contribution in [1.82, 2.24) is 0 Å². The van der Waals surface area contributed by atoms with Gasteiger partial charge in [0.15, 0.2) is 8.32 Å². The van der Waals surface area contributed by atoms with E-state index in [0.29, 0.717) is 5.56 Å². The van der Waals surface area contributed by atoms with Gasteiger partial charge in [0.2, 0.25) is 0 Å². The summed E-state index contributed by atoms with van der Waals surface area (Å²) >= 11 is 1.06. The van der Waals surface area contributed by atoms with Crippen molar-refractivity contribution < 1.29 is 17.6 Å². The predicted octanol–water partition coefficient (Wildman–Crippen LogP) is 7.97. The van der Waals surface area contributed by atoms with Crippen LogP contribution in [0.2, 0.25) is 19.6 Å². The molecule has 3 aromatic carbocycles. The Balaban J connectivity index is 2.07. The second-order valence-corrected chi connectivity index (χ2v) is 13.1. The third-order valence-corrected chi connectivity index (χ3v) is 6.08. The molecule has 29 heavy (non-hydrogen) atoms. The van der Waals surface area contributed by atoms with Crippen LogP contribution in [0.5, 0.6) is 0 Å². The number of alkyl halides is 3. The molecular formula is C23H23F3OSSi. The number of rotatable bonds is 6. The van der Waals surface area contributed by atoms with E-state index in [1.165, 1.54) is 5.41 Å². The molecule has 0 aromatic heterocycles. The molecule has 3 rings (SSSR count). The second kappa shape index (κ2) is 8.77. The molecule has 0 saturated heterocycles. The van der Waals surface area contributed by atoms with Crippen molar-refractivity contribution >= 4 is 30.9 Å². The molecular weight excluding hydrogens is 409 g/mol. The zero-order valence-electron chi connectivity index (χ0n) is 16.5. The van der Waals surface area contributed by atoms with Crippen molar-refractivity contribution in [3.05, 3.63) is 89.3 Å². The summed E-state index contributed by atoms with van der Waals surface area (Å²) < 4.78 is 48.4. The zero-order chi connectivity index (χ0) is 21.1. The van der Waals surface area contributed by atoms with E-state index in [-0.39, 0.29) is 0 Å². The first-order valence-corrected chi connectivity index (χ1v) is 13.6. The summed E-state index contributed by atoms with van der Waals surface area (Å²) in [5.41, 5.74) is -0.160. The van der Waals surface area contributed by atoms with Crippen LogP contribution in [-0.2, 0) is 4.43 Å². The quantitative estimate of drug-likeness (QED) is 0.288. The number of thioether (sulfide) groups is 1. The van der Waals surface area contributed by atoms with Crippen molar-refractivity contribution in [3.8, 4) is 0 Å². The Morgan fingerprint density at radius 3 is 2.14 bits per heavy atom. The molecule has 1 unspecified atom stereocenters. The van der Waals surface area contributed by atoms with Crippen LogP contribution in [0.15, 0.2) is 88.7 Å². The van der Waals surface area contributed by atoms with Gasteiger partial charge in [0.05, 0.1) is 5.57 Å². The minimum Gasteiger partial charge on any atom is -0.407 e. The number of hydrogen-bond acceptors (Lipinski definition) is 2. The lowest BCUT2D eigenvalue weighted by molar-refractivity contribution is -0.104. The third-order valence-electron chi connectivity index (χ3n) is 4.22. The Hall–Kier alpha value is -2.02. The van der Waals surface area contributed by atoms with Gasteiger partial charge in [-0.05, 0) is 59.6 Å². The lowest BCUT2D eigenvalue weighted by Gasteiger charge is -2.30. The summed E-state index contributed by atoms with van der Waals surface area (Å²) in [6, 6.07) is 22.1. The smallest absolute Gasteiger partial charge is 0.407 e. The highest BCUT2D eigenvalue weighted by atomic mass is 32.2. The Bertz CT molecular complexity index is 994. The zero-order valence-corrected chi connectivity index (χ0v) is 18.3. The number of hydrogen-bond donors (Lipinski definition) is 0. The SMILES string of the molecule is C[Si](C)(C)OC(/C(=C\Sc1ccccc1)C(F)(F)F)c1ccc2ccccc2c1. The summed E-state index contributed by atoms with van der Waals surface area (Å²) in [5.74, 6) is 0. The van der Waals surface area contributed by atoms with Gasteiger partial charge in [-0.1, -0.05) is 66.4 Å². The van der Waals surface area contributed by atoms with Gasteiger partial charge in [-0.25, -0.2) is 0 Å². The first-order valence-electron chi connectivity index (χ1n) is 9.29. The van der Waals surface area contributed by atoms with Gasteiger partial charge in [0.25, 0.3) is 0 Å². The first-order chi connectivity index (χ1) is 13.6. The fraction of sp³-hybridized carbons (Fsp3) is 0.217. The summed E-state index contributed by atoms with van der Waals surface area (Å²) in [7, 11) is -2.27. The molecule has 152 valence electrons. The monoisotopic (exact) mass is 432 g/mol. The minimum absolute atomic E-state index is 0.517. The molecule has 0 bridgehead atoms. The fourth-order valence-electron chi connectivity index (χ4n) is 2.94. The average Bonchev–Trinajstić information content (AvgIpc) is 2.66. The number of fused-ring (bicyclic) bond motifs is 1. The van der Waals surface area contributed by atoms with Gasteiger partial charge in [-0.15, -0.1) is 0 Å². The van der Waals surface area contributed by atoms with E-state index in [1.807, 2.05) is 68.2 Å². The normalized spacial score (nSPS) is 14.2. The topological polar surface area (TPSA) is 9.23 Å². The molecule has 6 heteroatoms. The standard InChI is InChI=1S/C23H23F3OSSi/c1-29(2,3)27-22(19-14-13-17-9-7-8-10-18(17)15-19)21(23(24,25)26)16-28-20-11-5-4-6-12-20/h4-16,22H,1-3H3/b21-16+. The molecule has 0 aliphatic heterocycles. The van der Waals surface area contributed by atoms with Gasteiger partial charge in [0.1, 0.15) is 6.10 Å². The van der Waals surface area contributed by atoms with Crippen LogP contribution in [0.4, 0.5) is 13.2 Å². The van der Waals surface area contributed by atoms with Crippen LogP contribution < -0.4 is 0 Å². The van der Waals surface area contributed by atoms with Crippen LogP contribution in [0.1, 0.15) is 11.7 Å². The lowest BCUT2D eigenvalue weighted by Crippen LogP contribution is -2.32. The molecule has 0 amide bonds. The minimum atomic E-state index is -4.50. The Morgan fingerprint density at radius 2 is 1.52 bits per heavy atom. The highest BCUT2D eigenvalue weighted by molar-refractivity contribution is 8.02. The maximum atomic E-state index is 14.1. The highest BCUT2D eigenvalue weighted by Gasteiger charge is 2.41. The van der Waals surface area contributed by atoms with E-state index in [1.54, 1.807) is 24.3 Å². The predicted molar refractivity (Wildman–Crippen MR) is 118 cm³/mol. The fourth-order valence-corrected chi connectivity index (χ4v) is 4.75. The molecule has 0 aliphatic carbocycles. The van der Waals surface area contributed by atoms with E-state index in [9.17, 15) is 13.2 Å². The summed E-state index contributed by atoms with van der Waals surface area (Å²) in [4.78, 5) is 0.750. The molecule has 3 aromatic rings. The Labute approximate surface area is 174 Å².